The molecule has 90 valence electrons. The van der Waals surface area contributed by atoms with Crippen molar-refractivity contribution in [1.29, 1.82) is 0 Å². The molecule has 1 aromatic heterocycles. The molecule has 0 radical (unpaired) electrons. The second kappa shape index (κ2) is 5.96. The van der Waals surface area contributed by atoms with Gasteiger partial charge >= 0.3 is 0 Å². The number of carbonyl (C=O) groups is 1. The number of rotatable bonds is 5. The number of hydrogen-bond donors (Lipinski definition) is 1. The molecule has 0 aliphatic heterocycles. The second-order valence-corrected chi connectivity index (χ2v) is 5.07. The van der Waals surface area contributed by atoms with E-state index in [9.17, 15) is 4.79 Å². The zero-order chi connectivity index (χ0) is 12.1. The fourth-order valence-corrected chi connectivity index (χ4v) is 2.15. The Morgan fingerprint density at radius 2 is 2.38 bits per heavy atom. The van der Waals surface area contributed by atoms with Crippen molar-refractivity contribution in [2.75, 3.05) is 7.05 Å². The Labute approximate surface area is 100 Å². The van der Waals surface area contributed by atoms with Crippen LogP contribution in [0.2, 0.25) is 0 Å². The van der Waals surface area contributed by atoms with Crippen LogP contribution in [-0.2, 0) is 11.3 Å². The van der Waals surface area contributed by atoms with E-state index in [-0.39, 0.29) is 11.9 Å². The fourth-order valence-electron chi connectivity index (χ4n) is 1.32. The van der Waals surface area contributed by atoms with E-state index in [2.05, 4.69) is 4.98 Å². The molecule has 16 heavy (non-hydrogen) atoms. The molecular weight excluding hydrogens is 222 g/mol. The number of aryl methyl sites for hydroxylation is 1. The van der Waals surface area contributed by atoms with Crippen LogP contribution in [-0.4, -0.2) is 28.9 Å². The van der Waals surface area contributed by atoms with Crippen molar-refractivity contribution in [2.45, 2.75) is 39.3 Å². The van der Waals surface area contributed by atoms with Gasteiger partial charge in [-0.15, -0.1) is 11.3 Å². The molecule has 0 saturated heterocycles. The number of thiazole rings is 1. The van der Waals surface area contributed by atoms with E-state index in [0.29, 0.717) is 13.0 Å². The number of amides is 1. The first kappa shape index (κ1) is 13.1. The maximum absolute atomic E-state index is 11.7. The van der Waals surface area contributed by atoms with Crippen molar-refractivity contribution < 1.29 is 4.79 Å². The summed E-state index contributed by atoms with van der Waals surface area (Å²) in [6.45, 7) is 4.53. The van der Waals surface area contributed by atoms with Crippen LogP contribution >= 0.6 is 11.3 Å². The van der Waals surface area contributed by atoms with Crippen molar-refractivity contribution in [2.24, 2.45) is 5.73 Å². The van der Waals surface area contributed by atoms with Crippen LogP contribution in [0.3, 0.4) is 0 Å². The van der Waals surface area contributed by atoms with E-state index in [4.69, 9.17) is 5.73 Å². The van der Waals surface area contributed by atoms with E-state index in [1.54, 1.807) is 16.2 Å². The lowest BCUT2D eigenvalue weighted by Gasteiger charge is -2.17. The zero-order valence-corrected chi connectivity index (χ0v) is 10.9. The van der Waals surface area contributed by atoms with E-state index in [1.165, 1.54) is 0 Å². The minimum atomic E-state index is 0.0856. The minimum Gasteiger partial charge on any atom is -0.341 e. The minimum absolute atomic E-state index is 0.0856. The van der Waals surface area contributed by atoms with E-state index in [1.807, 2.05) is 26.4 Å². The summed E-state index contributed by atoms with van der Waals surface area (Å²) in [6, 6.07) is 0.0856. The quantitative estimate of drug-likeness (QED) is 0.850. The average molecular weight is 241 g/mol. The molecule has 1 heterocycles. The highest BCUT2D eigenvalue weighted by Crippen LogP contribution is 2.14. The Bertz CT molecular complexity index is 349. The van der Waals surface area contributed by atoms with Gasteiger partial charge in [0.25, 0.3) is 0 Å². The first-order valence-corrected chi connectivity index (χ1v) is 6.27. The van der Waals surface area contributed by atoms with Crippen LogP contribution in [0.15, 0.2) is 5.51 Å². The monoisotopic (exact) mass is 241 g/mol. The van der Waals surface area contributed by atoms with Crippen molar-refractivity contribution >= 4 is 17.2 Å². The van der Waals surface area contributed by atoms with Crippen molar-refractivity contribution in [3.05, 3.63) is 16.1 Å². The molecule has 1 aromatic rings. The summed E-state index contributed by atoms with van der Waals surface area (Å²) in [7, 11) is 1.82. The van der Waals surface area contributed by atoms with Gasteiger partial charge in [0, 0.05) is 24.4 Å². The molecule has 2 N–H and O–H groups in total. The largest absolute Gasteiger partial charge is 0.341 e. The van der Waals surface area contributed by atoms with Gasteiger partial charge in [-0.3, -0.25) is 4.79 Å². The third-order valence-corrected chi connectivity index (χ3v) is 3.38. The Morgan fingerprint density at radius 3 is 2.88 bits per heavy atom. The molecule has 0 aliphatic rings. The molecule has 1 atom stereocenters. The van der Waals surface area contributed by atoms with Crippen molar-refractivity contribution in [3.63, 3.8) is 0 Å². The third-order valence-electron chi connectivity index (χ3n) is 2.46. The summed E-state index contributed by atoms with van der Waals surface area (Å²) < 4.78 is 0. The summed E-state index contributed by atoms with van der Waals surface area (Å²) in [5.41, 5.74) is 8.44. The molecule has 0 aliphatic carbocycles. The lowest BCUT2D eigenvalue weighted by molar-refractivity contribution is -0.130. The molecule has 4 nitrogen and oxygen atoms in total. The molecule has 5 heteroatoms. The highest BCUT2D eigenvalue weighted by Gasteiger charge is 2.12. The van der Waals surface area contributed by atoms with Crippen LogP contribution in [0.5, 0.6) is 0 Å². The first-order valence-electron chi connectivity index (χ1n) is 5.39. The predicted molar refractivity (Wildman–Crippen MR) is 66.2 cm³/mol. The smallest absolute Gasteiger partial charge is 0.222 e. The van der Waals surface area contributed by atoms with Gasteiger partial charge in [0.1, 0.15) is 0 Å². The highest BCUT2D eigenvalue weighted by atomic mass is 32.1. The zero-order valence-electron chi connectivity index (χ0n) is 10.1. The number of hydrogen-bond acceptors (Lipinski definition) is 4. The summed E-state index contributed by atoms with van der Waals surface area (Å²) in [5, 5.41) is 0. The maximum Gasteiger partial charge on any atom is 0.222 e. The molecule has 0 saturated carbocycles. The number of nitrogens with two attached hydrogens (primary N) is 1. The SMILES string of the molecule is Cc1ncsc1CN(C)C(=O)CCC(C)N. The van der Waals surface area contributed by atoms with E-state index in [0.717, 1.165) is 17.0 Å². The van der Waals surface area contributed by atoms with Crippen LogP contribution < -0.4 is 5.73 Å². The lowest BCUT2D eigenvalue weighted by Crippen LogP contribution is -2.27. The fraction of sp³-hybridized carbons (Fsp3) is 0.636. The van der Waals surface area contributed by atoms with Gasteiger partial charge in [0.15, 0.2) is 0 Å². The Morgan fingerprint density at radius 1 is 1.69 bits per heavy atom. The maximum atomic E-state index is 11.7. The standard InChI is InChI=1S/C11H19N3OS/c1-8(12)4-5-11(15)14(3)6-10-9(2)13-7-16-10/h7-8H,4-6,12H2,1-3H3. The summed E-state index contributed by atoms with van der Waals surface area (Å²) in [4.78, 5) is 18.8. The molecule has 1 rings (SSSR count). The summed E-state index contributed by atoms with van der Waals surface area (Å²) in [5.74, 6) is 0.144. The van der Waals surface area contributed by atoms with Gasteiger partial charge < -0.3 is 10.6 Å². The predicted octanol–water partition coefficient (Wildman–Crippen LogP) is 1.54. The van der Waals surface area contributed by atoms with Crippen LogP contribution in [0.4, 0.5) is 0 Å². The molecule has 1 unspecified atom stereocenters. The highest BCUT2D eigenvalue weighted by molar-refractivity contribution is 7.09. The lowest BCUT2D eigenvalue weighted by atomic mass is 10.2. The third kappa shape index (κ3) is 3.90. The Balaban J connectivity index is 2.43. The average Bonchev–Trinajstić information content (AvgIpc) is 2.60. The van der Waals surface area contributed by atoms with Gasteiger partial charge in [0.05, 0.1) is 17.7 Å². The number of carbonyl (C=O) groups excluding carboxylic acids is 1. The van der Waals surface area contributed by atoms with Gasteiger partial charge in [0.2, 0.25) is 5.91 Å². The van der Waals surface area contributed by atoms with E-state index < -0.39 is 0 Å². The molecule has 0 aromatic carbocycles. The molecule has 1 amide bonds. The molecule has 0 bridgehead atoms. The van der Waals surface area contributed by atoms with Gasteiger partial charge in [-0.25, -0.2) is 4.98 Å². The second-order valence-electron chi connectivity index (χ2n) is 4.13. The number of nitrogens with zero attached hydrogens (tertiary/aromatic N) is 2. The molecule has 0 fully saturated rings. The molecule has 0 spiro atoms. The normalized spacial score (nSPS) is 12.5. The summed E-state index contributed by atoms with van der Waals surface area (Å²) >= 11 is 1.59. The first-order chi connectivity index (χ1) is 7.50. The Kier molecular flexibility index (Phi) is 4.89. The van der Waals surface area contributed by atoms with Crippen LogP contribution in [0.1, 0.15) is 30.3 Å². The Hall–Kier alpha value is -0.940. The van der Waals surface area contributed by atoms with Crippen LogP contribution in [0, 0.1) is 6.92 Å². The summed E-state index contributed by atoms with van der Waals surface area (Å²) in [6.07, 6.45) is 1.26. The topological polar surface area (TPSA) is 59.2 Å². The van der Waals surface area contributed by atoms with Gasteiger partial charge in [-0.05, 0) is 20.3 Å². The number of aromatic nitrogens is 1. The van der Waals surface area contributed by atoms with E-state index >= 15 is 0 Å². The van der Waals surface area contributed by atoms with Crippen molar-refractivity contribution in [3.8, 4) is 0 Å². The molecular formula is C11H19N3OS. The van der Waals surface area contributed by atoms with Gasteiger partial charge in [-0.1, -0.05) is 0 Å². The van der Waals surface area contributed by atoms with Crippen LogP contribution in [0.25, 0.3) is 0 Å². The van der Waals surface area contributed by atoms with Gasteiger partial charge in [-0.2, -0.15) is 0 Å². The van der Waals surface area contributed by atoms with Crippen molar-refractivity contribution in [1.82, 2.24) is 9.88 Å².